The van der Waals surface area contributed by atoms with Gasteiger partial charge in [-0.05, 0) is 44.2 Å². The number of benzene rings is 2. The first-order valence-electron chi connectivity index (χ1n) is 7.78. The number of nitro benzene ring substituents is 1. The van der Waals surface area contributed by atoms with Crippen LogP contribution in [-0.2, 0) is 0 Å². The van der Waals surface area contributed by atoms with Gasteiger partial charge in [0.1, 0.15) is 22.8 Å². The largest absolute Gasteiger partial charge is 0.497 e. The molecule has 0 aliphatic carbocycles. The van der Waals surface area contributed by atoms with Crippen LogP contribution in [0.1, 0.15) is 25.0 Å². The lowest BCUT2D eigenvalue weighted by Crippen LogP contribution is -2.32. The summed E-state index contributed by atoms with van der Waals surface area (Å²) in [5, 5.41) is 11.5. The van der Waals surface area contributed by atoms with Gasteiger partial charge in [0.05, 0.1) is 30.8 Å². The van der Waals surface area contributed by atoms with Crippen LogP contribution < -0.4 is 14.2 Å². The molecule has 0 bridgehead atoms. The van der Waals surface area contributed by atoms with Gasteiger partial charge in [-0.3, -0.25) is 10.1 Å². The number of hydrogen-bond acceptors (Lipinski definition) is 5. The zero-order chi connectivity index (χ0) is 18.2. The average Bonchev–Trinajstić information content (AvgIpc) is 2.59. The molecule has 0 spiro atoms. The van der Waals surface area contributed by atoms with Gasteiger partial charge in [0.15, 0.2) is 0 Å². The van der Waals surface area contributed by atoms with Crippen molar-refractivity contribution in [3.8, 4) is 17.2 Å². The van der Waals surface area contributed by atoms with Gasteiger partial charge in [0.2, 0.25) is 0 Å². The Morgan fingerprint density at radius 1 is 1.04 bits per heavy atom. The maximum absolute atomic E-state index is 11.5. The molecule has 0 saturated carbocycles. The topological polar surface area (TPSA) is 70.8 Å². The van der Waals surface area contributed by atoms with Crippen molar-refractivity contribution in [2.24, 2.45) is 0 Å². The normalized spacial score (nSPS) is 14.8. The molecule has 2 aromatic rings. The van der Waals surface area contributed by atoms with Gasteiger partial charge in [-0.15, -0.1) is 0 Å². The minimum absolute atomic E-state index is 0.0146. The fourth-order valence-corrected chi connectivity index (χ4v) is 2.93. The standard InChI is InChI=1S/C19H19NO5/c1-19(2)16(9-12-5-6-14(24-4)11-18(12)25-19)15-8-7-13(23-3)10-17(15)20(21)22/h5-11H,1-4H3. The predicted octanol–water partition coefficient (Wildman–Crippen LogP) is 4.32. The minimum Gasteiger partial charge on any atom is -0.497 e. The van der Waals surface area contributed by atoms with Gasteiger partial charge >= 0.3 is 0 Å². The van der Waals surface area contributed by atoms with Crippen LogP contribution in [0.4, 0.5) is 5.69 Å². The summed E-state index contributed by atoms with van der Waals surface area (Å²) in [5.74, 6) is 1.82. The zero-order valence-electron chi connectivity index (χ0n) is 14.5. The highest BCUT2D eigenvalue weighted by atomic mass is 16.6. The summed E-state index contributed by atoms with van der Waals surface area (Å²) >= 11 is 0. The summed E-state index contributed by atoms with van der Waals surface area (Å²) in [5.41, 5.74) is 1.34. The van der Waals surface area contributed by atoms with Gasteiger partial charge in [0.25, 0.3) is 5.69 Å². The van der Waals surface area contributed by atoms with Crippen LogP contribution in [0.2, 0.25) is 0 Å². The first-order valence-corrected chi connectivity index (χ1v) is 7.78. The monoisotopic (exact) mass is 341 g/mol. The number of nitrogens with zero attached hydrogens (tertiary/aromatic N) is 1. The van der Waals surface area contributed by atoms with Gasteiger partial charge < -0.3 is 14.2 Å². The third-order valence-corrected chi connectivity index (χ3v) is 4.23. The molecule has 0 radical (unpaired) electrons. The molecule has 1 heterocycles. The van der Waals surface area contributed by atoms with Gasteiger partial charge in [-0.1, -0.05) is 0 Å². The molecule has 25 heavy (non-hydrogen) atoms. The fourth-order valence-electron chi connectivity index (χ4n) is 2.93. The second-order valence-electron chi connectivity index (χ2n) is 6.21. The molecule has 0 saturated heterocycles. The number of nitro groups is 1. The summed E-state index contributed by atoms with van der Waals surface area (Å²) in [6.45, 7) is 3.77. The number of rotatable bonds is 4. The minimum atomic E-state index is -0.737. The smallest absolute Gasteiger partial charge is 0.280 e. The number of methoxy groups -OCH3 is 2. The molecule has 0 unspecified atom stereocenters. The van der Waals surface area contributed by atoms with Crippen LogP contribution in [0.15, 0.2) is 36.4 Å². The van der Waals surface area contributed by atoms with E-state index in [2.05, 4.69) is 0 Å². The van der Waals surface area contributed by atoms with Crippen LogP contribution in [0.5, 0.6) is 17.2 Å². The Morgan fingerprint density at radius 3 is 2.32 bits per heavy atom. The van der Waals surface area contributed by atoms with E-state index < -0.39 is 10.5 Å². The van der Waals surface area contributed by atoms with Crippen molar-refractivity contribution in [2.75, 3.05) is 14.2 Å². The third kappa shape index (κ3) is 3.03. The molecule has 0 atom stereocenters. The van der Waals surface area contributed by atoms with Crippen molar-refractivity contribution in [3.05, 3.63) is 57.6 Å². The Morgan fingerprint density at radius 2 is 1.68 bits per heavy atom. The van der Waals surface area contributed by atoms with Crippen molar-refractivity contribution >= 4 is 17.3 Å². The third-order valence-electron chi connectivity index (χ3n) is 4.23. The number of hydrogen-bond donors (Lipinski definition) is 0. The van der Waals surface area contributed by atoms with Crippen molar-refractivity contribution in [2.45, 2.75) is 19.4 Å². The number of fused-ring (bicyclic) bond motifs is 1. The highest BCUT2D eigenvalue weighted by Crippen LogP contribution is 2.44. The maximum Gasteiger partial charge on any atom is 0.280 e. The summed E-state index contributed by atoms with van der Waals surface area (Å²) < 4.78 is 16.5. The number of ether oxygens (including phenoxy) is 3. The second kappa shape index (κ2) is 6.12. The highest BCUT2D eigenvalue weighted by molar-refractivity contribution is 5.92. The van der Waals surface area contributed by atoms with Gasteiger partial charge in [0, 0.05) is 17.2 Å². The van der Waals surface area contributed by atoms with Crippen LogP contribution >= 0.6 is 0 Å². The van der Waals surface area contributed by atoms with E-state index in [1.54, 1.807) is 19.2 Å². The molecule has 2 aromatic carbocycles. The van der Waals surface area contributed by atoms with Crippen LogP contribution in [0.3, 0.4) is 0 Å². The first kappa shape index (κ1) is 16.8. The lowest BCUT2D eigenvalue weighted by molar-refractivity contribution is -0.385. The van der Waals surface area contributed by atoms with E-state index in [1.807, 2.05) is 38.1 Å². The molecular weight excluding hydrogens is 322 g/mol. The Kier molecular flexibility index (Phi) is 4.12. The van der Waals surface area contributed by atoms with Crippen LogP contribution in [0.25, 0.3) is 11.6 Å². The lowest BCUT2D eigenvalue weighted by Gasteiger charge is -2.34. The van der Waals surface area contributed by atoms with Gasteiger partial charge in [-0.25, -0.2) is 0 Å². The van der Waals surface area contributed by atoms with Crippen LogP contribution in [0, 0.1) is 10.1 Å². The summed E-state index contributed by atoms with van der Waals surface area (Å²) in [6, 6.07) is 10.4. The van der Waals surface area contributed by atoms with E-state index in [0.29, 0.717) is 22.8 Å². The molecule has 0 fully saturated rings. The lowest BCUT2D eigenvalue weighted by atomic mass is 9.86. The Bertz CT molecular complexity index is 870. The Hall–Kier alpha value is -3.02. The molecular formula is C19H19NO5. The summed E-state index contributed by atoms with van der Waals surface area (Å²) in [7, 11) is 3.08. The molecule has 3 rings (SSSR count). The SMILES string of the molecule is COc1ccc2c(c1)OC(C)(C)C(c1ccc(OC)cc1[N+](=O)[O-])=C2. The van der Waals surface area contributed by atoms with E-state index in [1.165, 1.54) is 13.2 Å². The molecule has 6 heteroatoms. The van der Waals surface area contributed by atoms with Crippen LogP contribution in [-0.4, -0.2) is 24.7 Å². The van der Waals surface area contributed by atoms with Crippen molar-refractivity contribution in [3.63, 3.8) is 0 Å². The summed E-state index contributed by atoms with van der Waals surface area (Å²) in [4.78, 5) is 11.1. The molecule has 0 aromatic heterocycles. The first-order chi connectivity index (χ1) is 11.9. The predicted molar refractivity (Wildman–Crippen MR) is 95.2 cm³/mol. The van der Waals surface area contributed by atoms with Crippen molar-refractivity contribution in [1.82, 2.24) is 0 Å². The molecule has 0 N–H and O–H groups in total. The highest BCUT2D eigenvalue weighted by Gasteiger charge is 2.35. The second-order valence-corrected chi connectivity index (χ2v) is 6.21. The Labute approximate surface area is 145 Å². The van der Waals surface area contributed by atoms with E-state index in [4.69, 9.17) is 14.2 Å². The zero-order valence-corrected chi connectivity index (χ0v) is 14.5. The molecule has 130 valence electrons. The van der Waals surface area contributed by atoms with E-state index >= 15 is 0 Å². The van der Waals surface area contributed by atoms with E-state index in [-0.39, 0.29) is 5.69 Å². The molecule has 0 amide bonds. The average molecular weight is 341 g/mol. The van der Waals surface area contributed by atoms with Gasteiger partial charge in [-0.2, -0.15) is 0 Å². The molecule has 6 nitrogen and oxygen atoms in total. The van der Waals surface area contributed by atoms with Crippen molar-refractivity contribution < 1.29 is 19.1 Å². The fraction of sp³-hybridized carbons (Fsp3) is 0.263. The Balaban J connectivity index is 2.18. The maximum atomic E-state index is 11.5. The van der Waals surface area contributed by atoms with E-state index in [0.717, 1.165) is 11.1 Å². The molecule has 1 aliphatic rings. The summed E-state index contributed by atoms with van der Waals surface area (Å²) in [6.07, 6.45) is 1.92. The van der Waals surface area contributed by atoms with E-state index in [9.17, 15) is 10.1 Å². The van der Waals surface area contributed by atoms with Crippen molar-refractivity contribution in [1.29, 1.82) is 0 Å². The quantitative estimate of drug-likeness (QED) is 0.612. The molecule has 1 aliphatic heterocycles.